The van der Waals surface area contributed by atoms with E-state index < -0.39 is 36.8 Å². The molecule has 4 nitrogen and oxygen atoms in total. The molecule has 1 fully saturated rings. The molecular formula is C11H16F3NO3. The molecule has 0 radical (unpaired) electrons. The topological polar surface area (TPSA) is 46.6 Å². The molecule has 104 valence electrons. The van der Waals surface area contributed by atoms with E-state index in [9.17, 15) is 22.8 Å². The second-order valence-electron chi connectivity index (χ2n) is 4.32. The highest BCUT2D eigenvalue weighted by molar-refractivity contribution is 5.78. The van der Waals surface area contributed by atoms with Crippen molar-refractivity contribution in [3.05, 3.63) is 0 Å². The quantitative estimate of drug-likeness (QED) is 0.732. The van der Waals surface area contributed by atoms with E-state index in [-0.39, 0.29) is 6.54 Å². The molecule has 1 amide bonds. The minimum absolute atomic E-state index is 0.156. The Morgan fingerprint density at radius 1 is 1.39 bits per heavy atom. The molecule has 0 aromatic heterocycles. The van der Waals surface area contributed by atoms with E-state index in [0.717, 1.165) is 0 Å². The first-order valence-electron chi connectivity index (χ1n) is 5.76. The van der Waals surface area contributed by atoms with Crippen LogP contribution in [0.4, 0.5) is 13.2 Å². The maximum atomic E-state index is 12.0. The fourth-order valence-corrected chi connectivity index (χ4v) is 1.97. The van der Waals surface area contributed by atoms with Crippen molar-refractivity contribution in [2.24, 2.45) is 5.92 Å². The predicted octanol–water partition coefficient (Wildman–Crippen LogP) is 1.74. The molecule has 0 aliphatic carbocycles. The summed E-state index contributed by atoms with van der Waals surface area (Å²) in [4.78, 5) is 24.2. The molecule has 7 heteroatoms. The van der Waals surface area contributed by atoms with Crippen LogP contribution in [-0.4, -0.2) is 43.2 Å². The lowest BCUT2D eigenvalue weighted by Crippen LogP contribution is -2.42. The van der Waals surface area contributed by atoms with Crippen molar-refractivity contribution in [1.29, 1.82) is 0 Å². The second-order valence-corrected chi connectivity index (χ2v) is 4.32. The first kappa shape index (κ1) is 14.8. The van der Waals surface area contributed by atoms with Crippen molar-refractivity contribution in [2.75, 3.05) is 20.2 Å². The van der Waals surface area contributed by atoms with Gasteiger partial charge in [0.25, 0.3) is 0 Å². The molecule has 1 aliphatic rings. The zero-order chi connectivity index (χ0) is 13.8. The van der Waals surface area contributed by atoms with Gasteiger partial charge in [-0.15, -0.1) is 0 Å². The van der Waals surface area contributed by atoms with Crippen LogP contribution in [0, 0.1) is 5.92 Å². The summed E-state index contributed by atoms with van der Waals surface area (Å²) >= 11 is 0. The van der Waals surface area contributed by atoms with Crippen molar-refractivity contribution in [2.45, 2.75) is 31.9 Å². The zero-order valence-corrected chi connectivity index (χ0v) is 10.1. The third-order valence-corrected chi connectivity index (χ3v) is 2.93. The molecule has 0 bridgehead atoms. The van der Waals surface area contributed by atoms with Crippen LogP contribution in [0.3, 0.4) is 0 Å². The minimum Gasteiger partial charge on any atom is -0.469 e. The number of hydrogen-bond acceptors (Lipinski definition) is 3. The smallest absolute Gasteiger partial charge is 0.389 e. The number of esters is 1. The molecule has 1 unspecified atom stereocenters. The zero-order valence-electron chi connectivity index (χ0n) is 10.1. The molecule has 0 spiro atoms. The Balaban J connectivity index is 2.46. The van der Waals surface area contributed by atoms with Gasteiger partial charge >= 0.3 is 12.1 Å². The van der Waals surface area contributed by atoms with Gasteiger partial charge in [-0.2, -0.15) is 13.2 Å². The summed E-state index contributed by atoms with van der Waals surface area (Å²) in [6.45, 7) is 0.563. The van der Waals surface area contributed by atoms with Crippen molar-refractivity contribution in [1.82, 2.24) is 4.90 Å². The average Bonchev–Trinajstić information content (AvgIpc) is 2.34. The number of rotatable bonds is 3. The number of carbonyl (C=O) groups is 2. The third kappa shape index (κ3) is 4.54. The average molecular weight is 267 g/mol. The number of nitrogens with zero attached hydrogens (tertiary/aromatic N) is 1. The molecule has 0 aromatic carbocycles. The van der Waals surface area contributed by atoms with E-state index in [1.807, 2.05) is 0 Å². The van der Waals surface area contributed by atoms with Gasteiger partial charge in [-0.1, -0.05) is 0 Å². The van der Waals surface area contributed by atoms with Crippen LogP contribution in [0.15, 0.2) is 0 Å². The first-order chi connectivity index (χ1) is 8.33. The van der Waals surface area contributed by atoms with Crippen LogP contribution < -0.4 is 0 Å². The Hall–Kier alpha value is -1.27. The number of ether oxygens (including phenoxy) is 1. The number of methoxy groups -OCH3 is 1. The number of amides is 1. The van der Waals surface area contributed by atoms with Gasteiger partial charge in [-0.3, -0.25) is 9.59 Å². The molecule has 0 aromatic rings. The second kappa shape index (κ2) is 6.06. The van der Waals surface area contributed by atoms with E-state index >= 15 is 0 Å². The van der Waals surface area contributed by atoms with Crippen LogP contribution in [0.2, 0.25) is 0 Å². The number of hydrogen-bond donors (Lipinski definition) is 0. The van der Waals surface area contributed by atoms with Crippen LogP contribution in [0.25, 0.3) is 0 Å². The maximum Gasteiger partial charge on any atom is 0.389 e. The molecule has 0 N–H and O–H groups in total. The maximum absolute atomic E-state index is 12.0. The lowest BCUT2D eigenvalue weighted by molar-refractivity contribution is -0.154. The first-order valence-corrected chi connectivity index (χ1v) is 5.76. The van der Waals surface area contributed by atoms with Crippen molar-refractivity contribution in [3.63, 3.8) is 0 Å². The van der Waals surface area contributed by atoms with Gasteiger partial charge in [0, 0.05) is 19.5 Å². The van der Waals surface area contributed by atoms with Crippen LogP contribution >= 0.6 is 0 Å². The van der Waals surface area contributed by atoms with Gasteiger partial charge in [0.2, 0.25) is 5.91 Å². The molecular weight excluding hydrogens is 251 g/mol. The summed E-state index contributed by atoms with van der Waals surface area (Å²) < 4.78 is 40.6. The van der Waals surface area contributed by atoms with Gasteiger partial charge in [-0.05, 0) is 12.8 Å². The molecule has 1 atom stereocenters. The Morgan fingerprint density at radius 2 is 2.06 bits per heavy atom. The van der Waals surface area contributed by atoms with Gasteiger partial charge in [0.15, 0.2) is 0 Å². The normalized spacial score (nSPS) is 20.7. The van der Waals surface area contributed by atoms with E-state index in [4.69, 9.17) is 0 Å². The fraction of sp³-hybridized carbons (Fsp3) is 0.818. The Labute approximate surface area is 103 Å². The van der Waals surface area contributed by atoms with Gasteiger partial charge in [0.1, 0.15) is 0 Å². The number of halogens is 3. The Morgan fingerprint density at radius 3 is 2.61 bits per heavy atom. The van der Waals surface area contributed by atoms with Gasteiger partial charge in [0.05, 0.1) is 19.4 Å². The molecule has 0 saturated carbocycles. The van der Waals surface area contributed by atoms with E-state index in [1.54, 1.807) is 0 Å². The summed E-state index contributed by atoms with van der Waals surface area (Å²) in [7, 11) is 1.26. The highest BCUT2D eigenvalue weighted by Gasteiger charge is 2.32. The summed E-state index contributed by atoms with van der Waals surface area (Å²) in [5.74, 6) is -1.39. The molecule has 1 heterocycles. The fourth-order valence-electron chi connectivity index (χ4n) is 1.97. The van der Waals surface area contributed by atoms with Crippen LogP contribution in [-0.2, 0) is 14.3 Å². The molecule has 18 heavy (non-hydrogen) atoms. The van der Waals surface area contributed by atoms with Crippen molar-refractivity contribution >= 4 is 11.9 Å². The number of piperidine rings is 1. The number of alkyl halides is 3. The van der Waals surface area contributed by atoms with E-state index in [2.05, 4.69) is 4.74 Å². The Bertz CT molecular complexity index is 317. The number of likely N-dealkylation sites (tertiary alicyclic amines) is 1. The standard InChI is InChI=1S/C11H16F3NO3/c1-18-10(17)8-3-2-6-15(7-8)9(16)4-5-11(12,13)14/h8H,2-7H2,1H3. The summed E-state index contributed by atoms with van der Waals surface area (Å²) in [5.41, 5.74) is 0. The molecule has 1 saturated heterocycles. The monoisotopic (exact) mass is 267 g/mol. The van der Waals surface area contributed by atoms with Crippen LogP contribution in [0.5, 0.6) is 0 Å². The Kier molecular flexibility index (Phi) is 4.98. The highest BCUT2D eigenvalue weighted by Crippen LogP contribution is 2.23. The van der Waals surface area contributed by atoms with Gasteiger partial charge < -0.3 is 9.64 Å². The predicted molar refractivity (Wildman–Crippen MR) is 56.6 cm³/mol. The summed E-state index contributed by atoms with van der Waals surface area (Å²) in [6.07, 6.45) is -4.79. The van der Waals surface area contributed by atoms with Crippen molar-refractivity contribution < 1.29 is 27.5 Å². The largest absolute Gasteiger partial charge is 0.469 e. The highest BCUT2D eigenvalue weighted by atomic mass is 19.4. The van der Waals surface area contributed by atoms with Crippen LogP contribution in [0.1, 0.15) is 25.7 Å². The van der Waals surface area contributed by atoms with Crippen molar-refractivity contribution in [3.8, 4) is 0 Å². The summed E-state index contributed by atoms with van der Waals surface area (Å²) in [6, 6.07) is 0. The summed E-state index contributed by atoms with van der Waals surface area (Å²) in [5, 5.41) is 0. The van der Waals surface area contributed by atoms with E-state index in [0.29, 0.717) is 19.4 Å². The SMILES string of the molecule is COC(=O)C1CCCN(C(=O)CCC(F)(F)F)C1. The van der Waals surface area contributed by atoms with E-state index in [1.165, 1.54) is 12.0 Å². The lowest BCUT2D eigenvalue weighted by Gasteiger charge is -2.31. The van der Waals surface area contributed by atoms with Gasteiger partial charge in [-0.25, -0.2) is 0 Å². The lowest BCUT2D eigenvalue weighted by atomic mass is 9.98. The molecule has 1 rings (SSSR count). The third-order valence-electron chi connectivity index (χ3n) is 2.93. The number of carbonyl (C=O) groups excluding carboxylic acids is 2. The minimum atomic E-state index is -4.33. The molecule has 1 aliphatic heterocycles.